The maximum atomic E-state index is 12.1. The van der Waals surface area contributed by atoms with Crippen molar-refractivity contribution < 1.29 is 14.3 Å². The Kier molecular flexibility index (Phi) is 6.12. The van der Waals surface area contributed by atoms with Crippen LogP contribution in [0.15, 0.2) is 36.8 Å². The van der Waals surface area contributed by atoms with E-state index in [2.05, 4.69) is 34.6 Å². The second-order valence-electron chi connectivity index (χ2n) is 8.95. The van der Waals surface area contributed by atoms with Gasteiger partial charge in [-0.3, -0.25) is 9.48 Å². The molecule has 1 atom stereocenters. The first-order valence-corrected chi connectivity index (χ1v) is 11.7. The summed E-state index contributed by atoms with van der Waals surface area (Å²) in [6.07, 6.45) is 6.38. The molecule has 3 N–H and O–H groups in total. The van der Waals surface area contributed by atoms with Crippen molar-refractivity contribution in [1.29, 1.82) is 0 Å². The summed E-state index contributed by atoms with van der Waals surface area (Å²) >= 11 is 0. The van der Waals surface area contributed by atoms with Gasteiger partial charge in [0.1, 0.15) is 11.8 Å². The van der Waals surface area contributed by atoms with Crippen LogP contribution < -0.4 is 15.4 Å². The molecule has 1 aromatic carbocycles. The molecular formula is C25H29N7O3. The Labute approximate surface area is 203 Å². The monoisotopic (exact) mass is 475 g/mol. The average Bonchev–Trinajstić information content (AvgIpc) is 3.60. The lowest BCUT2D eigenvalue weighted by atomic mass is 9.98. The topological polar surface area (TPSA) is 119 Å². The number of nitrogens with zero attached hydrogens (tertiary/aromatic N) is 4. The number of anilines is 2. The number of ether oxygens (including phenoxy) is 2. The Bertz CT molecular complexity index is 1370. The summed E-state index contributed by atoms with van der Waals surface area (Å²) < 4.78 is 13.6. The number of aromatic nitrogens is 5. The van der Waals surface area contributed by atoms with E-state index in [0.717, 1.165) is 34.2 Å². The SMILES string of the molecule is CNC(=O)c1ccc(Nc2nc(OC3CCOC3)c3c(-c4cnn(C)c4)c[nH]c3n2)c(C(C)C)c1. The minimum atomic E-state index is -0.125. The first-order chi connectivity index (χ1) is 16.9. The Morgan fingerprint density at radius 2 is 2.17 bits per heavy atom. The smallest absolute Gasteiger partial charge is 0.251 e. The largest absolute Gasteiger partial charge is 0.471 e. The van der Waals surface area contributed by atoms with E-state index in [1.807, 2.05) is 31.6 Å². The fourth-order valence-electron chi connectivity index (χ4n) is 4.25. The van der Waals surface area contributed by atoms with Gasteiger partial charge in [0.2, 0.25) is 11.8 Å². The third kappa shape index (κ3) is 4.57. The van der Waals surface area contributed by atoms with Crippen molar-refractivity contribution in [2.24, 2.45) is 7.05 Å². The summed E-state index contributed by atoms with van der Waals surface area (Å²) in [4.78, 5) is 24.9. The van der Waals surface area contributed by atoms with E-state index in [0.29, 0.717) is 36.3 Å². The van der Waals surface area contributed by atoms with Crippen molar-refractivity contribution in [3.05, 3.63) is 47.9 Å². The molecule has 1 amide bonds. The number of carbonyl (C=O) groups excluding carboxylic acids is 1. The molecule has 35 heavy (non-hydrogen) atoms. The van der Waals surface area contributed by atoms with Gasteiger partial charge in [0.05, 0.1) is 24.8 Å². The van der Waals surface area contributed by atoms with Crippen LogP contribution in [0.5, 0.6) is 5.88 Å². The van der Waals surface area contributed by atoms with Gasteiger partial charge in [-0.05, 0) is 29.7 Å². The van der Waals surface area contributed by atoms with Crippen LogP contribution in [0, 0.1) is 0 Å². The molecule has 4 aromatic rings. The van der Waals surface area contributed by atoms with E-state index < -0.39 is 0 Å². The number of fused-ring (bicyclic) bond motifs is 1. The number of aromatic amines is 1. The number of hydrogen-bond acceptors (Lipinski definition) is 7. The molecule has 182 valence electrons. The molecule has 0 aliphatic carbocycles. The third-order valence-electron chi connectivity index (χ3n) is 6.09. The lowest BCUT2D eigenvalue weighted by molar-refractivity contribution is 0.0963. The molecule has 0 radical (unpaired) electrons. The van der Waals surface area contributed by atoms with Gasteiger partial charge in [-0.15, -0.1) is 0 Å². The quantitative estimate of drug-likeness (QED) is 0.372. The van der Waals surface area contributed by atoms with Gasteiger partial charge >= 0.3 is 0 Å². The highest BCUT2D eigenvalue weighted by atomic mass is 16.5. The fourth-order valence-corrected chi connectivity index (χ4v) is 4.25. The molecule has 0 saturated carbocycles. The maximum absolute atomic E-state index is 12.1. The highest BCUT2D eigenvalue weighted by Gasteiger charge is 2.23. The second-order valence-corrected chi connectivity index (χ2v) is 8.95. The molecule has 3 aromatic heterocycles. The van der Waals surface area contributed by atoms with Crippen LogP contribution in [0.25, 0.3) is 22.2 Å². The molecular weight excluding hydrogens is 446 g/mol. The van der Waals surface area contributed by atoms with E-state index in [1.54, 1.807) is 24.0 Å². The standard InChI is InChI=1S/C25H29N7O3/c1-14(2)18-9-15(23(33)26-3)5-6-20(18)29-25-30-22-21(24(31-25)35-17-7-8-34-13-17)19(11-27-22)16-10-28-32(4)12-16/h5-6,9-12,14,17H,7-8,13H2,1-4H3,(H,26,33)(H2,27,29,30,31). The number of hydrogen-bond donors (Lipinski definition) is 3. The number of carbonyl (C=O) groups is 1. The van der Waals surface area contributed by atoms with E-state index >= 15 is 0 Å². The molecule has 1 saturated heterocycles. The van der Waals surface area contributed by atoms with Crippen molar-refractivity contribution in [1.82, 2.24) is 30.0 Å². The second kappa shape index (κ2) is 9.38. The van der Waals surface area contributed by atoms with Crippen molar-refractivity contribution in [2.45, 2.75) is 32.3 Å². The number of H-pyrrole nitrogens is 1. The van der Waals surface area contributed by atoms with Crippen molar-refractivity contribution in [3.63, 3.8) is 0 Å². The molecule has 10 nitrogen and oxygen atoms in total. The lowest BCUT2D eigenvalue weighted by Gasteiger charge is -2.17. The summed E-state index contributed by atoms with van der Waals surface area (Å²) in [5.41, 5.74) is 4.95. The third-order valence-corrected chi connectivity index (χ3v) is 6.09. The molecule has 1 aliphatic rings. The predicted molar refractivity (Wildman–Crippen MR) is 133 cm³/mol. The highest BCUT2D eigenvalue weighted by Crippen LogP contribution is 2.36. The molecule has 1 fully saturated rings. The highest BCUT2D eigenvalue weighted by molar-refractivity contribution is 5.98. The molecule has 5 rings (SSSR count). The van der Waals surface area contributed by atoms with Gasteiger partial charge in [-0.25, -0.2) is 0 Å². The van der Waals surface area contributed by atoms with E-state index in [9.17, 15) is 4.79 Å². The van der Waals surface area contributed by atoms with Crippen LogP contribution in [0.2, 0.25) is 0 Å². The van der Waals surface area contributed by atoms with Crippen molar-refractivity contribution >= 4 is 28.6 Å². The number of benzene rings is 1. The van der Waals surface area contributed by atoms with Crippen LogP contribution in [0.4, 0.5) is 11.6 Å². The van der Waals surface area contributed by atoms with Gasteiger partial charge in [0, 0.05) is 55.3 Å². The van der Waals surface area contributed by atoms with Gasteiger partial charge in [0.25, 0.3) is 5.91 Å². The number of rotatable bonds is 7. The summed E-state index contributed by atoms with van der Waals surface area (Å²) in [6.45, 7) is 5.36. The summed E-state index contributed by atoms with van der Waals surface area (Å²) in [7, 11) is 3.51. The first-order valence-electron chi connectivity index (χ1n) is 11.7. The lowest BCUT2D eigenvalue weighted by Crippen LogP contribution is -2.18. The minimum absolute atomic E-state index is 0.0735. The Morgan fingerprint density at radius 1 is 1.31 bits per heavy atom. The zero-order chi connectivity index (χ0) is 24.5. The molecule has 4 heterocycles. The molecule has 1 unspecified atom stereocenters. The normalized spacial score (nSPS) is 15.6. The van der Waals surface area contributed by atoms with E-state index in [4.69, 9.17) is 19.4 Å². The first kappa shape index (κ1) is 22.9. The van der Waals surface area contributed by atoms with Gasteiger partial charge in [0.15, 0.2) is 0 Å². The molecule has 1 aliphatic heterocycles. The zero-order valence-corrected chi connectivity index (χ0v) is 20.3. The zero-order valence-electron chi connectivity index (χ0n) is 20.3. The fraction of sp³-hybridized carbons (Fsp3) is 0.360. The Balaban J connectivity index is 1.57. The Hall–Kier alpha value is -3.92. The van der Waals surface area contributed by atoms with Crippen molar-refractivity contribution in [3.8, 4) is 17.0 Å². The predicted octanol–water partition coefficient (Wildman–Crippen LogP) is 3.75. The van der Waals surface area contributed by atoms with E-state index in [-0.39, 0.29) is 17.9 Å². The number of nitrogens with one attached hydrogen (secondary N) is 3. The van der Waals surface area contributed by atoms with Crippen LogP contribution in [-0.2, 0) is 11.8 Å². The van der Waals surface area contributed by atoms with Gasteiger partial charge in [-0.2, -0.15) is 15.1 Å². The van der Waals surface area contributed by atoms with Crippen LogP contribution in [-0.4, -0.2) is 57.0 Å². The van der Waals surface area contributed by atoms with Crippen LogP contribution in [0.3, 0.4) is 0 Å². The summed E-state index contributed by atoms with van der Waals surface area (Å²) in [5.74, 6) is 0.946. The van der Waals surface area contributed by atoms with Gasteiger partial charge < -0.3 is 25.1 Å². The van der Waals surface area contributed by atoms with Crippen LogP contribution >= 0.6 is 0 Å². The Morgan fingerprint density at radius 3 is 2.86 bits per heavy atom. The minimum Gasteiger partial charge on any atom is -0.471 e. The van der Waals surface area contributed by atoms with Crippen molar-refractivity contribution in [2.75, 3.05) is 25.6 Å². The van der Waals surface area contributed by atoms with E-state index in [1.165, 1.54) is 0 Å². The summed E-state index contributed by atoms with van der Waals surface area (Å²) in [5, 5.41) is 11.1. The number of amides is 1. The average molecular weight is 476 g/mol. The molecule has 0 bridgehead atoms. The van der Waals surface area contributed by atoms with Gasteiger partial charge in [-0.1, -0.05) is 13.8 Å². The molecule has 0 spiro atoms. The van der Waals surface area contributed by atoms with Crippen LogP contribution in [0.1, 0.15) is 42.1 Å². The molecule has 10 heteroatoms. The number of aryl methyl sites for hydroxylation is 1. The summed E-state index contributed by atoms with van der Waals surface area (Å²) in [6, 6.07) is 5.56. The maximum Gasteiger partial charge on any atom is 0.251 e.